The first-order valence-electron chi connectivity index (χ1n) is 4.81. The first-order chi connectivity index (χ1) is 8.11. The quantitative estimate of drug-likeness (QED) is 0.480. The smallest absolute Gasteiger partial charge is 0.137 e. The van der Waals surface area contributed by atoms with Crippen molar-refractivity contribution in [2.24, 2.45) is 5.11 Å². The van der Waals surface area contributed by atoms with E-state index >= 15 is 0 Å². The number of hydrogen-bond acceptors (Lipinski definition) is 4. The van der Waals surface area contributed by atoms with E-state index in [1.165, 1.54) is 7.11 Å². The number of aliphatic hydroxyl groups is 2. The minimum Gasteiger partial charge on any atom is -0.495 e. The second-order valence-electron chi connectivity index (χ2n) is 3.29. The van der Waals surface area contributed by atoms with Gasteiger partial charge in [0.2, 0.25) is 0 Å². The molecule has 0 bridgehead atoms. The van der Waals surface area contributed by atoms with Crippen LogP contribution >= 0.6 is 11.6 Å². The van der Waals surface area contributed by atoms with Gasteiger partial charge >= 0.3 is 0 Å². The molecule has 17 heavy (non-hydrogen) atoms. The molecule has 0 spiro atoms. The van der Waals surface area contributed by atoms with Crippen LogP contribution in [0.3, 0.4) is 0 Å². The molecule has 2 atom stereocenters. The molecule has 0 radical (unpaired) electrons. The first kappa shape index (κ1) is 13.6. The minimum atomic E-state index is -1.23. The van der Waals surface area contributed by atoms with Crippen molar-refractivity contribution < 1.29 is 14.9 Å². The predicted molar refractivity (Wildman–Crippen MR) is 63.0 cm³/mol. The summed E-state index contributed by atoms with van der Waals surface area (Å²) in [5.41, 5.74) is 8.45. The van der Waals surface area contributed by atoms with Crippen LogP contribution in [0.4, 0.5) is 0 Å². The van der Waals surface area contributed by atoms with Crippen LogP contribution in [0, 0.1) is 0 Å². The number of methoxy groups -OCH3 is 1. The summed E-state index contributed by atoms with van der Waals surface area (Å²) in [6.45, 7) is -0.231. The SMILES string of the molecule is COc1cccc(C(O)C(O)CN=[N+]=[N-])c1Cl. The minimum absolute atomic E-state index is 0.225. The Morgan fingerprint density at radius 1 is 1.53 bits per heavy atom. The molecule has 0 aliphatic carbocycles. The highest BCUT2D eigenvalue weighted by molar-refractivity contribution is 6.32. The summed E-state index contributed by atoms with van der Waals surface area (Å²) in [6.07, 6.45) is -2.45. The highest BCUT2D eigenvalue weighted by atomic mass is 35.5. The third kappa shape index (κ3) is 3.25. The Balaban J connectivity index is 2.95. The van der Waals surface area contributed by atoms with Gasteiger partial charge in [0.1, 0.15) is 11.9 Å². The van der Waals surface area contributed by atoms with Crippen LogP contribution in [-0.2, 0) is 0 Å². The van der Waals surface area contributed by atoms with E-state index in [0.29, 0.717) is 11.3 Å². The van der Waals surface area contributed by atoms with Gasteiger partial charge in [0.25, 0.3) is 0 Å². The van der Waals surface area contributed by atoms with Gasteiger partial charge in [-0.25, -0.2) is 0 Å². The van der Waals surface area contributed by atoms with Gasteiger partial charge in [0.05, 0.1) is 24.8 Å². The Labute approximate surface area is 103 Å². The van der Waals surface area contributed by atoms with Gasteiger partial charge in [-0.1, -0.05) is 28.8 Å². The van der Waals surface area contributed by atoms with Crippen molar-refractivity contribution in [2.45, 2.75) is 12.2 Å². The van der Waals surface area contributed by atoms with Gasteiger partial charge < -0.3 is 14.9 Å². The molecule has 0 saturated heterocycles. The van der Waals surface area contributed by atoms with Gasteiger partial charge in [-0.15, -0.1) is 0 Å². The third-order valence-corrected chi connectivity index (χ3v) is 2.63. The van der Waals surface area contributed by atoms with Crippen LogP contribution in [-0.4, -0.2) is 30.0 Å². The van der Waals surface area contributed by atoms with Crippen LogP contribution in [0.5, 0.6) is 5.75 Å². The van der Waals surface area contributed by atoms with Crippen LogP contribution in [0.15, 0.2) is 23.3 Å². The van der Waals surface area contributed by atoms with Gasteiger partial charge in [0, 0.05) is 10.5 Å². The fourth-order valence-electron chi connectivity index (χ4n) is 1.34. The highest BCUT2D eigenvalue weighted by Crippen LogP contribution is 2.33. The number of halogens is 1. The second kappa shape index (κ2) is 6.32. The molecule has 0 saturated carbocycles. The molecule has 1 aromatic carbocycles. The fourth-order valence-corrected chi connectivity index (χ4v) is 1.66. The molecule has 0 aliphatic rings. The molecule has 0 fully saturated rings. The first-order valence-corrected chi connectivity index (χ1v) is 5.19. The number of ether oxygens (including phenoxy) is 1. The molecule has 0 heterocycles. The molecule has 0 aliphatic heterocycles. The number of benzene rings is 1. The number of azide groups is 1. The number of nitrogens with zero attached hydrogens (tertiary/aromatic N) is 3. The van der Waals surface area contributed by atoms with Crippen LogP contribution in [0.25, 0.3) is 10.4 Å². The Bertz CT molecular complexity index is 435. The van der Waals surface area contributed by atoms with Crippen molar-refractivity contribution in [3.8, 4) is 5.75 Å². The zero-order chi connectivity index (χ0) is 12.8. The third-order valence-electron chi connectivity index (χ3n) is 2.23. The van der Waals surface area contributed by atoms with Crippen molar-refractivity contribution in [1.82, 2.24) is 0 Å². The van der Waals surface area contributed by atoms with Gasteiger partial charge in [-0.3, -0.25) is 0 Å². The average molecular weight is 258 g/mol. The molecule has 92 valence electrons. The number of rotatable bonds is 5. The van der Waals surface area contributed by atoms with E-state index in [-0.39, 0.29) is 11.6 Å². The lowest BCUT2D eigenvalue weighted by Crippen LogP contribution is -2.21. The average Bonchev–Trinajstić information content (AvgIpc) is 2.35. The summed E-state index contributed by atoms with van der Waals surface area (Å²) in [5, 5.41) is 22.8. The Kier molecular flexibility index (Phi) is 5.06. The lowest BCUT2D eigenvalue weighted by Gasteiger charge is -2.18. The molecule has 2 N–H and O–H groups in total. The van der Waals surface area contributed by atoms with Crippen LogP contribution < -0.4 is 4.74 Å². The monoisotopic (exact) mass is 257 g/mol. The van der Waals surface area contributed by atoms with Gasteiger partial charge in [-0.05, 0) is 11.6 Å². The predicted octanol–water partition coefficient (Wildman–Crippen LogP) is 2.05. The lowest BCUT2D eigenvalue weighted by atomic mass is 10.0. The van der Waals surface area contributed by atoms with Crippen molar-refractivity contribution in [1.29, 1.82) is 0 Å². The summed E-state index contributed by atoms with van der Waals surface area (Å²) in [4.78, 5) is 2.50. The normalized spacial score (nSPS) is 13.6. The summed E-state index contributed by atoms with van der Waals surface area (Å²) in [7, 11) is 1.45. The second-order valence-corrected chi connectivity index (χ2v) is 3.67. The van der Waals surface area contributed by atoms with E-state index in [1.807, 2.05) is 0 Å². The summed E-state index contributed by atoms with van der Waals surface area (Å²) >= 11 is 5.98. The maximum absolute atomic E-state index is 9.84. The van der Waals surface area contributed by atoms with E-state index in [2.05, 4.69) is 10.0 Å². The Morgan fingerprint density at radius 3 is 2.82 bits per heavy atom. The number of aliphatic hydroxyl groups excluding tert-OH is 2. The molecule has 6 nitrogen and oxygen atoms in total. The zero-order valence-corrected chi connectivity index (χ0v) is 9.87. The molecule has 1 aromatic rings. The van der Waals surface area contributed by atoms with E-state index in [4.69, 9.17) is 21.9 Å². The van der Waals surface area contributed by atoms with E-state index in [9.17, 15) is 10.2 Å². The summed E-state index contributed by atoms with van der Waals surface area (Å²) < 4.78 is 4.99. The topological polar surface area (TPSA) is 98.5 Å². The maximum atomic E-state index is 9.84. The molecule has 0 amide bonds. The standard InChI is InChI=1S/C10H12ClN3O3/c1-17-8-4-2-3-6(9(8)11)10(16)7(15)5-13-14-12/h2-4,7,10,15-16H,5H2,1H3. The Morgan fingerprint density at radius 2 is 2.24 bits per heavy atom. The molecule has 0 aromatic heterocycles. The van der Waals surface area contributed by atoms with E-state index < -0.39 is 12.2 Å². The van der Waals surface area contributed by atoms with Gasteiger partial charge in [-0.2, -0.15) is 0 Å². The zero-order valence-electron chi connectivity index (χ0n) is 9.12. The van der Waals surface area contributed by atoms with Crippen molar-refractivity contribution in [2.75, 3.05) is 13.7 Å². The number of hydrogen-bond donors (Lipinski definition) is 2. The lowest BCUT2D eigenvalue weighted by molar-refractivity contribution is 0.0243. The summed E-state index contributed by atoms with van der Waals surface area (Å²) in [6, 6.07) is 4.84. The van der Waals surface area contributed by atoms with Crippen molar-refractivity contribution in [3.63, 3.8) is 0 Å². The van der Waals surface area contributed by atoms with E-state index in [1.54, 1.807) is 18.2 Å². The highest BCUT2D eigenvalue weighted by Gasteiger charge is 2.21. The molecular weight excluding hydrogens is 246 g/mol. The van der Waals surface area contributed by atoms with Gasteiger partial charge in [0.15, 0.2) is 0 Å². The molecular formula is C10H12ClN3O3. The summed E-state index contributed by atoms with van der Waals surface area (Å²) in [5.74, 6) is 0.402. The molecule has 1 rings (SSSR count). The van der Waals surface area contributed by atoms with Crippen LogP contribution in [0.1, 0.15) is 11.7 Å². The van der Waals surface area contributed by atoms with Crippen molar-refractivity contribution in [3.05, 3.63) is 39.2 Å². The largest absolute Gasteiger partial charge is 0.495 e. The van der Waals surface area contributed by atoms with E-state index in [0.717, 1.165) is 0 Å². The molecule has 2 unspecified atom stereocenters. The Hall–Kier alpha value is -1.46. The van der Waals surface area contributed by atoms with Crippen molar-refractivity contribution >= 4 is 11.6 Å². The maximum Gasteiger partial charge on any atom is 0.137 e. The van der Waals surface area contributed by atoms with Crippen LogP contribution in [0.2, 0.25) is 5.02 Å². The molecule has 7 heteroatoms. The fraction of sp³-hybridized carbons (Fsp3) is 0.400.